The first-order valence-electron chi connectivity index (χ1n) is 8.26. The van der Waals surface area contributed by atoms with E-state index >= 15 is 0 Å². The molecule has 0 saturated heterocycles. The van der Waals surface area contributed by atoms with E-state index in [9.17, 15) is 0 Å². The summed E-state index contributed by atoms with van der Waals surface area (Å²) < 4.78 is 17.0. The van der Waals surface area contributed by atoms with Crippen molar-refractivity contribution in [3.63, 3.8) is 0 Å². The highest BCUT2D eigenvalue weighted by molar-refractivity contribution is 5.54. The number of methoxy groups -OCH3 is 2. The summed E-state index contributed by atoms with van der Waals surface area (Å²) in [6, 6.07) is 14.0. The highest BCUT2D eigenvalue weighted by Gasteiger charge is 2.14. The highest BCUT2D eigenvalue weighted by atomic mass is 16.5. The van der Waals surface area contributed by atoms with Gasteiger partial charge in [0.25, 0.3) is 0 Å². The minimum Gasteiger partial charge on any atom is -0.493 e. The van der Waals surface area contributed by atoms with Crippen LogP contribution in [0.25, 0.3) is 0 Å². The van der Waals surface area contributed by atoms with Gasteiger partial charge in [-0.25, -0.2) is 0 Å². The van der Waals surface area contributed by atoms with Gasteiger partial charge >= 0.3 is 0 Å². The molecule has 0 atom stereocenters. The Kier molecular flexibility index (Phi) is 6.94. The van der Waals surface area contributed by atoms with Crippen LogP contribution in [-0.4, -0.2) is 20.8 Å². The van der Waals surface area contributed by atoms with E-state index < -0.39 is 0 Å². The molecule has 2 aromatic carbocycles. The average molecular weight is 329 g/mol. The summed E-state index contributed by atoms with van der Waals surface area (Å²) in [5.74, 6) is 2.62. The largest absolute Gasteiger partial charge is 0.493 e. The molecule has 24 heavy (non-hydrogen) atoms. The molecule has 4 nitrogen and oxygen atoms in total. The Morgan fingerprint density at radius 1 is 0.917 bits per heavy atom. The van der Waals surface area contributed by atoms with E-state index in [1.165, 1.54) is 0 Å². The van der Waals surface area contributed by atoms with Crippen LogP contribution in [0.1, 0.15) is 25.0 Å². The van der Waals surface area contributed by atoms with Crippen molar-refractivity contribution < 1.29 is 14.2 Å². The molecule has 130 valence electrons. The van der Waals surface area contributed by atoms with Crippen LogP contribution in [0, 0.1) is 5.92 Å². The van der Waals surface area contributed by atoms with Crippen molar-refractivity contribution in [2.24, 2.45) is 5.92 Å². The predicted molar refractivity (Wildman–Crippen MR) is 96.9 cm³/mol. The van der Waals surface area contributed by atoms with Crippen molar-refractivity contribution >= 4 is 0 Å². The topological polar surface area (TPSA) is 39.7 Å². The smallest absolute Gasteiger partial charge is 0.203 e. The molecule has 0 saturated carbocycles. The van der Waals surface area contributed by atoms with Crippen LogP contribution < -0.4 is 19.5 Å². The van der Waals surface area contributed by atoms with Gasteiger partial charge in [0.2, 0.25) is 5.75 Å². The second-order valence-electron chi connectivity index (χ2n) is 6.13. The summed E-state index contributed by atoms with van der Waals surface area (Å²) in [5.41, 5.74) is 2.21. The number of rotatable bonds is 9. The lowest BCUT2D eigenvalue weighted by molar-refractivity contribution is 0.265. The lowest BCUT2D eigenvalue weighted by Crippen LogP contribution is -2.19. The Balaban J connectivity index is 2.14. The van der Waals surface area contributed by atoms with Crippen molar-refractivity contribution in [2.75, 3.05) is 20.8 Å². The van der Waals surface area contributed by atoms with Gasteiger partial charge in [0.15, 0.2) is 11.5 Å². The second-order valence-corrected chi connectivity index (χ2v) is 6.13. The number of hydrogen-bond donors (Lipinski definition) is 1. The van der Waals surface area contributed by atoms with Crippen molar-refractivity contribution in [1.29, 1.82) is 0 Å². The minimum atomic E-state index is 0.471. The summed E-state index contributed by atoms with van der Waals surface area (Å²) in [6.45, 7) is 6.59. The minimum absolute atomic E-state index is 0.471. The number of benzene rings is 2. The zero-order chi connectivity index (χ0) is 17.4. The molecule has 0 bridgehead atoms. The van der Waals surface area contributed by atoms with Gasteiger partial charge in [0.1, 0.15) is 6.61 Å². The zero-order valence-corrected chi connectivity index (χ0v) is 15.0. The van der Waals surface area contributed by atoms with Gasteiger partial charge in [-0.15, -0.1) is 0 Å². The molecule has 0 aliphatic carbocycles. The maximum absolute atomic E-state index is 5.96. The first kappa shape index (κ1) is 18.1. The molecule has 1 N–H and O–H groups in total. The third-order valence-electron chi connectivity index (χ3n) is 3.63. The predicted octanol–water partition coefficient (Wildman–Crippen LogP) is 4.03. The number of hydrogen-bond acceptors (Lipinski definition) is 4. The van der Waals surface area contributed by atoms with E-state index in [4.69, 9.17) is 14.2 Å². The zero-order valence-electron chi connectivity index (χ0n) is 15.0. The first-order valence-corrected chi connectivity index (χ1v) is 8.26. The van der Waals surface area contributed by atoms with Gasteiger partial charge in [0, 0.05) is 6.54 Å². The molecule has 0 aromatic heterocycles. The van der Waals surface area contributed by atoms with Crippen LogP contribution in [0.3, 0.4) is 0 Å². The standard InChI is InChI=1S/C20H27NO3/c1-15(2)12-21-13-17-10-18(22-3)20(19(11-17)23-4)24-14-16-8-6-5-7-9-16/h5-11,15,21H,12-14H2,1-4H3. The van der Waals surface area contributed by atoms with E-state index in [0.29, 0.717) is 29.8 Å². The molecule has 4 heteroatoms. The van der Waals surface area contributed by atoms with Crippen molar-refractivity contribution in [2.45, 2.75) is 27.0 Å². The Bertz CT molecular complexity index is 601. The Morgan fingerprint density at radius 3 is 2.08 bits per heavy atom. The normalized spacial score (nSPS) is 10.7. The average Bonchev–Trinajstić information content (AvgIpc) is 2.60. The Hall–Kier alpha value is -2.20. The molecule has 0 radical (unpaired) electrons. The molecule has 2 aromatic rings. The van der Waals surface area contributed by atoms with Crippen molar-refractivity contribution in [1.82, 2.24) is 5.32 Å². The molecule has 0 aliphatic rings. The van der Waals surface area contributed by atoms with E-state index in [1.54, 1.807) is 14.2 Å². The molecule has 0 aliphatic heterocycles. The number of nitrogens with one attached hydrogen (secondary N) is 1. The van der Waals surface area contributed by atoms with Gasteiger partial charge in [0.05, 0.1) is 14.2 Å². The first-order chi connectivity index (χ1) is 11.6. The van der Waals surface area contributed by atoms with Crippen LogP contribution in [0.15, 0.2) is 42.5 Å². The fourth-order valence-electron chi connectivity index (χ4n) is 2.41. The van der Waals surface area contributed by atoms with Crippen LogP contribution in [-0.2, 0) is 13.2 Å². The van der Waals surface area contributed by atoms with E-state index in [0.717, 1.165) is 24.2 Å². The Morgan fingerprint density at radius 2 is 1.54 bits per heavy atom. The van der Waals surface area contributed by atoms with Gasteiger partial charge in [-0.05, 0) is 35.7 Å². The molecule has 0 unspecified atom stereocenters. The molecule has 0 heterocycles. The van der Waals surface area contributed by atoms with Crippen LogP contribution >= 0.6 is 0 Å². The highest BCUT2D eigenvalue weighted by Crippen LogP contribution is 2.39. The lowest BCUT2D eigenvalue weighted by Gasteiger charge is -2.17. The van der Waals surface area contributed by atoms with Crippen molar-refractivity contribution in [3.8, 4) is 17.2 Å². The summed E-state index contributed by atoms with van der Waals surface area (Å²) in [7, 11) is 3.30. The van der Waals surface area contributed by atoms with E-state index in [2.05, 4.69) is 19.2 Å². The SMILES string of the molecule is COc1cc(CNCC(C)C)cc(OC)c1OCc1ccccc1. The molecular weight excluding hydrogens is 302 g/mol. The molecule has 0 amide bonds. The molecule has 2 rings (SSSR count). The number of ether oxygens (including phenoxy) is 3. The van der Waals surface area contributed by atoms with Crippen LogP contribution in [0.5, 0.6) is 17.2 Å². The van der Waals surface area contributed by atoms with Gasteiger partial charge < -0.3 is 19.5 Å². The van der Waals surface area contributed by atoms with Crippen molar-refractivity contribution in [3.05, 3.63) is 53.6 Å². The van der Waals surface area contributed by atoms with Crippen LogP contribution in [0.2, 0.25) is 0 Å². The molecule has 0 fully saturated rings. The molecule has 0 spiro atoms. The fourth-order valence-corrected chi connectivity index (χ4v) is 2.41. The van der Waals surface area contributed by atoms with Gasteiger partial charge in [-0.1, -0.05) is 44.2 Å². The monoisotopic (exact) mass is 329 g/mol. The maximum atomic E-state index is 5.96. The quantitative estimate of drug-likeness (QED) is 0.754. The van der Waals surface area contributed by atoms with Gasteiger partial charge in [-0.3, -0.25) is 0 Å². The van der Waals surface area contributed by atoms with E-state index in [1.807, 2.05) is 42.5 Å². The lowest BCUT2D eigenvalue weighted by atomic mass is 10.1. The summed E-state index contributed by atoms with van der Waals surface area (Å²) >= 11 is 0. The van der Waals surface area contributed by atoms with Gasteiger partial charge in [-0.2, -0.15) is 0 Å². The fraction of sp³-hybridized carbons (Fsp3) is 0.400. The third-order valence-corrected chi connectivity index (χ3v) is 3.63. The second kappa shape index (κ2) is 9.18. The van der Waals surface area contributed by atoms with E-state index in [-0.39, 0.29) is 0 Å². The summed E-state index contributed by atoms with van der Waals surface area (Å²) in [6.07, 6.45) is 0. The summed E-state index contributed by atoms with van der Waals surface area (Å²) in [5, 5.41) is 3.43. The molecular formula is C20H27NO3. The Labute approximate surface area is 144 Å². The summed E-state index contributed by atoms with van der Waals surface area (Å²) in [4.78, 5) is 0. The maximum Gasteiger partial charge on any atom is 0.203 e. The third kappa shape index (κ3) is 5.17. The van der Waals surface area contributed by atoms with Crippen LogP contribution in [0.4, 0.5) is 0 Å².